The van der Waals surface area contributed by atoms with Gasteiger partial charge in [-0.05, 0) is 43.7 Å². The summed E-state index contributed by atoms with van der Waals surface area (Å²) in [5.41, 5.74) is 0.928. The molecule has 0 aliphatic heterocycles. The zero-order valence-electron chi connectivity index (χ0n) is 15.1. The highest BCUT2D eigenvalue weighted by Gasteiger charge is 2.33. The quantitative estimate of drug-likeness (QED) is 0.654. The fraction of sp³-hybridized carbons (Fsp3) is 0.150. The molecule has 0 saturated carbocycles. The molecule has 0 spiro atoms. The van der Waals surface area contributed by atoms with Crippen LogP contribution in [0.15, 0.2) is 54.6 Å². The first-order valence-electron chi connectivity index (χ1n) is 8.40. The third-order valence-electron chi connectivity index (χ3n) is 3.96. The Balaban J connectivity index is 1.87. The summed E-state index contributed by atoms with van der Waals surface area (Å²) < 4.78 is 39.4. The minimum Gasteiger partial charge on any atom is -0.324 e. The molecule has 2 N–H and O–H groups in total. The highest BCUT2D eigenvalue weighted by Crippen LogP contribution is 2.34. The number of halogens is 3. The Morgan fingerprint density at radius 3 is 2.25 bits per heavy atom. The number of aryl methyl sites for hydroxylation is 2. The Bertz CT molecular complexity index is 1020. The normalized spacial score (nSPS) is 11.2. The third kappa shape index (κ3) is 4.46. The molecule has 8 heteroatoms. The Morgan fingerprint density at radius 1 is 0.929 bits per heavy atom. The van der Waals surface area contributed by atoms with Gasteiger partial charge in [0.15, 0.2) is 0 Å². The lowest BCUT2D eigenvalue weighted by Gasteiger charge is -2.14. The molecule has 0 aliphatic rings. The summed E-state index contributed by atoms with van der Waals surface area (Å²) in [5, 5.41) is 5.31. The van der Waals surface area contributed by atoms with Crippen LogP contribution in [0.5, 0.6) is 0 Å². The van der Waals surface area contributed by atoms with Crippen molar-refractivity contribution < 1.29 is 18.0 Å². The van der Waals surface area contributed by atoms with Crippen molar-refractivity contribution in [2.75, 3.05) is 10.6 Å². The van der Waals surface area contributed by atoms with Gasteiger partial charge in [0.05, 0.1) is 11.3 Å². The monoisotopic (exact) mass is 386 g/mol. The van der Waals surface area contributed by atoms with Gasteiger partial charge in [0.1, 0.15) is 5.69 Å². The van der Waals surface area contributed by atoms with Crippen molar-refractivity contribution in [3.05, 3.63) is 77.1 Å². The standard InChI is InChI=1S/C20H17F3N4O/c1-12-7-3-5-9-15(12)26-19-24-13(2)11-17(27-19)18(28)25-16-10-6-4-8-14(16)20(21,22)23/h3-11H,1-2H3,(H,25,28)(H,24,26,27). The van der Waals surface area contributed by atoms with Gasteiger partial charge in [-0.2, -0.15) is 13.2 Å². The Morgan fingerprint density at radius 2 is 1.57 bits per heavy atom. The van der Waals surface area contributed by atoms with Gasteiger partial charge in [0, 0.05) is 11.4 Å². The molecule has 2 aromatic carbocycles. The summed E-state index contributed by atoms with van der Waals surface area (Å²) in [6.45, 7) is 3.57. The van der Waals surface area contributed by atoms with Gasteiger partial charge >= 0.3 is 6.18 Å². The zero-order valence-corrected chi connectivity index (χ0v) is 15.1. The predicted octanol–water partition coefficient (Wildman–Crippen LogP) is 5.11. The van der Waals surface area contributed by atoms with Gasteiger partial charge in [-0.1, -0.05) is 30.3 Å². The van der Waals surface area contributed by atoms with E-state index in [9.17, 15) is 18.0 Å². The maximum atomic E-state index is 13.1. The molecule has 3 aromatic rings. The molecule has 1 aromatic heterocycles. The van der Waals surface area contributed by atoms with Gasteiger partial charge in [-0.15, -0.1) is 0 Å². The number of hydrogen-bond acceptors (Lipinski definition) is 4. The molecule has 1 heterocycles. The van der Waals surface area contributed by atoms with Crippen LogP contribution in [0.25, 0.3) is 0 Å². The zero-order chi connectivity index (χ0) is 20.3. The number of anilines is 3. The largest absolute Gasteiger partial charge is 0.418 e. The first-order chi connectivity index (χ1) is 13.2. The molecule has 0 radical (unpaired) electrons. The number of amides is 1. The number of alkyl halides is 3. The summed E-state index contributed by atoms with van der Waals surface area (Å²) in [6, 6.07) is 13.7. The van der Waals surface area contributed by atoms with Crippen molar-refractivity contribution in [3.63, 3.8) is 0 Å². The average Bonchev–Trinajstić information content (AvgIpc) is 2.63. The number of nitrogens with one attached hydrogen (secondary N) is 2. The van der Waals surface area contributed by atoms with Gasteiger partial charge in [-0.3, -0.25) is 4.79 Å². The Kier molecular flexibility index (Phi) is 5.30. The molecular formula is C20H17F3N4O. The topological polar surface area (TPSA) is 66.9 Å². The van der Waals surface area contributed by atoms with Crippen LogP contribution in [0.2, 0.25) is 0 Å². The van der Waals surface area contributed by atoms with Crippen LogP contribution < -0.4 is 10.6 Å². The van der Waals surface area contributed by atoms with E-state index in [1.807, 2.05) is 31.2 Å². The smallest absolute Gasteiger partial charge is 0.324 e. The average molecular weight is 386 g/mol. The van der Waals surface area contributed by atoms with Crippen LogP contribution in [0.1, 0.15) is 27.3 Å². The Labute approximate surface area is 159 Å². The fourth-order valence-electron chi connectivity index (χ4n) is 2.60. The number of nitrogens with zero attached hydrogens (tertiary/aromatic N) is 2. The minimum atomic E-state index is -4.58. The van der Waals surface area contributed by atoms with E-state index >= 15 is 0 Å². The second-order valence-corrected chi connectivity index (χ2v) is 6.16. The van der Waals surface area contributed by atoms with Crippen molar-refractivity contribution in [2.45, 2.75) is 20.0 Å². The van der Waals surface area contributed by atoms with E-state index in [-0.39, 0.29) is 17.3 Å². The van der Waals surface area contributed by atoms with E-state index in [1.54, 1.807) is 6.92 Å². The molecule has 5 nitrogen and oxygen atoms in total. The summed E-state index contributed by atoms with van der Waals surface area (Å²) in [6.07, 6.45) is -4.58. The van der Waals surface area contributed by atoms with E-state index in [1.165, 1.54) is 24.3 Å². The van der Waals surface area contributed by atoms with Crippen molar-refractivity contribution in [3.8, 4) is 0 Å². The van der Waals surface area contributed by atoms with Gasteiger partial charge in [0.25, 0.3) is 5.91 Å². The molecule has 0 saturated heterocycles. The molecule has 144 valence electrons. The van der Waals surface area contributed by atoms with E-state index in [4.69, 9.17) is 0 Å². The third-order valence-corrected chi connectivity index (χ3v) is 3.96. The van der Waals surface area contributed by atoms with Crippen LogP contribution in [0, 0.1) is 13.8 Å². The number of carbonyl (C=O) groups is 1. The number of benzene rings is 2. The van der Waals surface area contributed by atoms with E-state index in [0.29, 0.717) is 5.69 Å². The van der Waals surface area contributed by atoms with E-state index in [2.05, 4.69) is 20.6 Å². The molecule has 3 rings (SSSR count). The van der Waals surface area contributed by atoms with Crippen LogP contribution in [0.3, 0.4) is 0 Å². The maximum Gasteiger partial charge on any atom is 0.418 e. The van der Waals surface area contributed by atoms with Crippen molar-refractivity contribution in [1.82, 2.24) is 9.97 Å². The van der Waals surface area contributed by atoms with E-state index < -0.39 is 17.6 Å². The van der Waals surface area contributed by atoms with E-state index in [0.717, 1.165) is 17.3 Å². The number of rotatable bonds is 4. The van der Waals surface area contributed by atoms with Crippen molar-refractivity contribution in [2.24, 2.45) is 0 Å². The molecule has 0 atom stereocenters. The van der Waals surface area contributed by atoms with Crippen LogP contribution in [0.4, 0.5) is 30.5 Å². The first-order valence-corrected chi connectivity index (χ1v) is 8.40. The number of para-hydroxylation sites is 2. The first kappa shape index (κ1) is 19.3. The summed E-state index contributed by atoms with van der Waals surface area (Å²) in [5.74, 6) is -0.571. The molecule has 0 fully saturated rings. The Hall–Kier alpha value is -3.42. The molecule has 28 heavy (non-hydrogen) atoms. The van der Waals surface area contributed by atoms with Crippen LogP contribution in [-0.2, 0) is 6.18 Å². The van der Waals surface area contributed by atoms with Gasteiger partial charge in [-0.25, -0.2) is 9.97 Å². The summed E-state index contributed by atoms with van der Waals surface area (Å²) in [7, 11) is 0. The minimum absolute atomic E-state index is 0.0411. The summed E-state index contributed by atoms with van der Waals surface area (Å²) in [4.78, 5) is 20.9. The molecule has 0 bridgehead atoms. The lowest BCUT2D eigenvalue weighted by Crippen LogP contribution is -2.18. The highest BCUT2D eigenvalue weighted by atomic mass is 19.4. The van der Waals surface area contributed by atoms with Gasteiger partial charge < -0.3 is 10.6 Å². The van der Waals surface area contributed by atoms with Crippen molar-refractivity contribution in [1.29, 1.82) is 0 Å². The molecule has 0 unspecified atom stereocenters. The molecular weight excluding hydrogens is 369 g/mol. The second-order valence-electron chi connectivity index (χ2n) is 6.16. The number of hydrogen-bond donors (Lipinski definition) is 2. The SMILES string of the molecule is Cc1cc(C(=O)Nc2ccccc2C(F)(F)F)nc(Nc2ccccc2C)n1. The predicted molar refractivity (Wildman–Crippen MR) is 101 cm³/mol. The van der Waals surface area contributed by atoms with Crippen LogP contribution >= 0.6 is 0 Å². The van der Waals surface area contributed by atoms with Gasteiger partial charge in [0.2, 0.25) is 5.95 Å². The highest BCUT2D eigenvalue weighted by molar-refractivity contribution is 6.03. The molecule has 0 aliphatic carbocycles. The number of aromatic nitrogens is 2. The van der Waals surface area contributed by atoms with Crippen molar-refractivity contribution >= 4 is 23.2 Å². The molecule has 1 amide bonds. The number of carbonyl (C=O) groups excluding carboxylic acids is 1. The van der Waals surface area contributed by atoms with Crippen LogP contribution in [-0.4, -0.2) is 15.9 Å². The lowest BCUT2D eigenvalue weighted by atomic mass is 10.1. The second kappa shape index (κ2) is 7.67. The fourth-order valence-corrected chi connectivity index (χ4v) is 2.60. The summed E-state index contributed by atoms with van der Waals surface area (Å²) >= 11 is 0. The lowest BCUT2D eigenvalue weighted by molar-refractivity contribution is -0.136. The maximum absolute atomic E-state index is 13.1.